The summed E-state index contributed by atoms with van der Waals surface area (Å²) in [7, 11) is -3.74. The van der Waals surface area contributed by atoms with Crippen molar-refractivity contribution in [2.24, 2.45) is 0 Å². The van der Waals surface area contributed by atoms with E-state index in [1.807, 2.05) is 0 Å². The summed E-state index contributed by atoms with van der Waals surface area (Å²) in [6.45, 7) is 0.404. The average Bonchev–Trinajstić information content (AvgIpc) is 2.68. The molecule has 1 fully saturated rings. The number of rotatable bonds is 4. The topological polar surface area (TPSA) is 78.5 Å². The van der Waals surface area contributed by atoms with E-state index in [1.54, 1.807) is 0 Å². The number of halogens is 4. The first-order valence-electron chi connectivity index (χ1n) is 9.06. The van der Waals surface area contributed by atoms with Crippen molar-refractivity contribution < 1.29 is 26.4 Å². The molecule has 2 aromatic carbocycles. The summed E-state index contributed by atoms with van der Waals surface area (Å²) < 4.78 is 66.7. The van der Waals surface area contributed by atoms with Gasteiger partial charge in [-0.2, -0.15) is 13.2 Å². The molecule has 1 saturated heterocycles. The van der Waals surface area contributed by atoms with Crippen molar-refractivity contribution in [1.82, 2.24) is 9.62 Å². The first-order valence-corrected chi connectivity index (χ1v) is 10.9. The van der Waals surface area contributed by atoms with Gasteiger partial charge in [0.2, 0.25) is 10.0 Å². The third-order valence-corrected chi connectivity index (χ3v) is 6.49. The number of nitrogens with zero attached hydrogens (tertiary/aromatic N) is 1. The second kappa shape index (κ2) is 8.83. The Morgan fingerprint density at radius 2 is 1.63 bits per heavy atom. The molecule has 0 radical (unpaired) electrons. The molecule has 1 aliphatic heterocycles. The Kier molecular flexibility index (Phi) is 6.59. The number of nitrogens with one attached hydrogen (secondary N) is 2. The third kappa shape index (κ3) is 5.44. The van der Waals surface area contributed by atoms with Gasteiger partial charge in [-0.15, -0.1) is 0 Å². The van der Waals surface area contributed by atoms with Crippen molar-refractivity contribution >= 4 is 33.3 Å². The van der Waals surface area contributed by atoms with Gasteiger partial charge in [0.05, 0.1) is 16.1 Å². The number of hydrogen-bond acceptors (Lipinski definition) is 3. The van der Waals surface area contributed by atoms with Gasteiger partial charge in [0.1, 0.15) is 0 Å². The van der Waals surface area contributed by atoms with E-state index in [1.165, 1.54) is 47.4 Å². The summed E-state index contributed by atoms with van der Waals surface area (Å²) in [5.41, 5.74) is -1.25. The average molecular weight is 462 g/mol. The van der Waals surface area contributed by atoms with E-state index in [9.17, 15) is 26.4 Å². The zero-order chi connectivity index (χ0) is 21.9. The van der Waals surface area contributed by atoms with Crippen LogP contribution in [0.25, 0.3) is 0 Å². The quantitative estimate of drug-likeness (QED) is 0.711. The lowest BCUT2D eigenvalue weighted by Crippen LogP contribution is -2.47. The summed E-state index contributed by atoms with van der Waals surface area (Å²) in [6, 6.07) is 9.42. The predicted molar refractivity (Wildman–Crippen MR) is 107 cm³/mol. The predicted octanol–water partition coefficient (Wildman–Crippen LogP) is 4.33. The lowest BCUT2D eigenvalue weighted by molar-refractivity contribution is -0.136. The molecule has 0 bridgehead atoms. The van der Waals surface area contributed by atoms with Crippen LogP contribution in [0.15, 0.2) is 53.4 Å². The summed E-state index contributed by atoms with van der Waals surface area (Å²) in [5.74, 6) is 0. The molecule has 2 aromatic rings. The normalized spacial score (nSPS) is 15.8. The zero-order valence-corrected chi connectivity index (χ0v) is 17.2. The van der Waals surface area contributed by atoms with Gasteiger partial charge in [-0.3, -0.25) is 0 Å². The molecular formula is C19H19ClF3N3O3S. The fourth-order valence-electron chi connectivity index (χ4n) is 3.14. The fraction of sp³-hybridized carbons (Fsp3) is 0.316. The first kappa shape index (κ1) is 22.4. The number of amides is 2. The zero-order valence-electron chi connectivity index (χ0n) is 15.6. The number of alkyl halides is 3. The highest BCUT2D eigenvalue weighted by atomic mass is 35.5. The van der Waals surface area contributed by atoms with Crippen LogP contribution in [-0.4, -0.2) is 38.5 Å². The summed E-state index contributed by atoms with van der Waals surface area (Å²) in [5, 5.41) is 2.71. The lowest BCUT2D eigenvalue weighted by atomic mass is 10.1. The number of anilines is 1. The van der Waals surface area contributed by atoms with Crippen molar-refractivity contribution in [3.8, 4) is 0 Å². The molecule has 162 valence electrons. The molecule has 3 rings (SSSR count). The monoisotopic (exact) mass is 461 g/mol. The fourth-order valence-corrected chi connectivity index (χ4v) is 4.57. The van der Waals surface area contributed by atoms with E-state index >= 15 is 0 Å². The van der Waals surface area contributed by atoms with Crippen molar-refractivity contribution in [2.75, 3.05) is 18.4 Å². The lowest BCUT2D eigenvalue weighted by Gasteiger charge is -2.32. The Morgan fingerprint density at radius 1 is 1.03 bits per heavy atom. The maximum Gasteiger partial charge on any atom is 0.418 e. The number of carbonyl (C=O) groups is 1. The number of piperidine rings is 1. The molecule has 0 aliphatic carbocycles. The van der Waals surface area contributed by atoms with Gasteiger partial charge in [0, 0.05) is 24.2 Å². The molecule has 0 aromatic heterocycles. The van der Waals surface area contributed by atoms with Crippen LogP contribution in [0.1, 0.15) is 18.4 Å². The minimum Gasteiger partial charge on any atom is -0.324 e. The largest absolute Gasteiger partial charge is 0.418 e. The molecule has 11 heteroatoms. The molecule has 2 amide bonds. The number of likely N-dealkylation sites (tertiary alicyclic amines) is 1. The van der Waals surface area contributed by atoms with Gasteiger partial charge < -0.3 is 10.2 Å². The van der Waals surface area contributed by atoms with Crippen molar-refractivity contribution in [3.63, 3.8) is 0 Å². The van der Waals surface area contributed by atoms with Crippen molar-refractivity contribution in [3.05, 3.63) is 59.1 Å². The summed E-state index contributed by atoms with van der Waals surface area (Å²) in [6.07, 6.45) is -3.92. The number of carbonyl (C=O) groups excluding carboxylic acids is 1. The van der Waals surface area contributed by atoms with E-state index in [4.69, 9.17) is 11.6 Å². The third-order valence-electron chi connectivity index (χ3n) is 4.70. The van der Waals surface area contributed by atoms with Gasteiger partial charge in [-0.1, -0.05) is 23.7 Å². The van der Waals surface area contributed by atoms with Crippen LogP contribution in [0, 0.1) is 0 Å². The molecule has 0 unspecified atom stereocenters. The number of sulfonamides is 1. The minimum absolute atomic E-state index is 0.0795. The van der Waals surface area contributed by atoms with Crippen LogP contribution < -0.4 is 10.0 Å². The van der Waals surface area contributed by atoms with Crippen LogP contribution in [0.2, 0.25) is 5.02 Å². The maximum absolute atomic E-state index is 13.1. The second-order valence-electron chi connectivity index (χ2n) is 6.81. The van der Waals surface area contributed by atoms with E-state index in [0.29, 0.717) is 17.9 Å². The Labute approximate surface area is 177 Å². The Morgan fingerprint density at radius 3 is 2.23 bits per heavy atom. The molecule has 30 heavy (non-hydrogen) atoms. The number of hydrogen-bond donors (Lipinski definition) is 2. The van der Waals surface area contributed by atoms with Crippen molar-refractivity contribution in [1.29, 1.82) is 0 Å². The molecular weight excluding hydrogens is 443 g/mol. The SMILES string of the molecule is O=C(Nc1ccccc1C(F)(F)F)N1CCC(NS(=O)(=O)c2ccc(Cl)cc2)CC1. The van der Waals surface area contributed by atoms with E-state index in [2.05, 4.69) is 10.0 Å². The number of urea groups is 1. The van der Waals surface area contributed by atoms with Gasteiger partial charge in [-0.25, -0.2) is 17.9 Å². The van der Waals surface area contributed by atoms with Gasteiger partial charge in [0.25, 0.3) is 0 Å². The molecule has 6 nitrogen and oxygen atoms in total. The van der Waals surface area contributed by atoms with E-state index in [-0.39, 0.29) is 23.7 Å². The summed E-state index contributed by atoms with van der Waals surface area (Å²) in [4.78, 5) is 13.8. The van der Waals surface area contributed by atoms with E-state index in [0.717, 1.165) is 6.07 Å². The van der Waals surface area contributed by atoms with Crippen LogP contribution in [-0.2, 0) is 16.2 Å². The Hall–Kier alpha value is -2.30. The standard InChI is InChI=1S/C19H19ClF3N3O3S/c20-13-5-7-15(8-6-13)30(28,29)25-14-9-11-26(12-10-14)18(27)24-17-4-2-1-3-16(17)19(21,22)23/h1-8,14,25H,9-12H2,(H,24,27). The molecule has 0 spiro atoms. The van der Waals surface area contributed by atoms with Crippen molar-refractivity contribution in [2.45, 2.75) is 30.0 Å². The van der Waals surface area contributed by atoms with Gasteiger partial charge >= 0.3 is 12.2 Å². The van der Waals surface area contributed by atoms with Crippen LogP contribution >= 0.6 is 11.6 Å². The highest BCUT2D eigenvalue weighted by molar-refractivity contribution is 7.89. The van der Waals surface area contributed by atoms with Gasteiger partial charge in [0.15, 0.2) is 0 Å². The number of para-hydroxylation sites is 1. The van der Waals surface area contributed by atoms with E-state index < -0.39 is 33.8 Å². The van der Waals surface area contributed by atoms with Crippen LogP contribution in [0.3, 0.4) is 0 Å². The Bertz CT molecular complexity index is 1010. The second-order valence-corrected chi connectivity index (χ2v) is 8.96. The highest BCUT2D eigenvalue weighted by Crippen LogP contribution is 2.34. The van der Waals surface area contributed by atoms with Crippen LogP contribution in [0.4, 0.5) is 23.7 Å². The molecule has 0 saturated carbocycles. The molecule has 2 N–H and O–H groups in total. The van der Waals surface area contributed by atoms with Crippen LogP contribution in [0.5, 0.6) is 0 Å². The molecule has 0 atom stereocenters. The van der Waals surface area contributed by atoms with Gasteiger partial charge in [-0.05, 0) is 49.2 Å². The Balaban J connectivity index is 1.58. The number of benzene rings is 2. The highest BCUT2D eigenvalue weighted by Gasteiger charge is 2.34. The molecule has 1 heterocycles. The maximum atomic E-state index is 13.1. The minimum atomic E-state index is -4.59. The molecule has 1 aliphatic rings. The first-order chi connectivity index (χ1) is 14.1. The summed E-state index contributed by atoms with van der Waals surface area (Å²) >= 11 is 5.77. The smallest absolute Gasteiger partial charge is 0.324 e.